The van der Waals surface area contributed by atoms with Gasteiger partial charge < -0.3 is 5.73 Å². The Morgan fingerprint density at radius 2 is 1.91 bits per heavy atom. The highest BCUT2D eigenvalue weighted by Crippen LogP contribution is 2.34. The van der Waals surface area contributed by atoms with Crippen LogP contribution in [0.2, 0.25) is 0 Å². The molecule has 126 valence electrons. The maximum Gasteiger partial charge on any atom is 0.416 e. The Hall–Kier alpha value is -0.900. The van der Waals surface area contributed by atoms with Crippen LogP contribution in [0.4, 0.5) is 17.6 Å². The largest absolute Gasteiger partial charge is 0.416 e. The lowest BCUT2D eigenvalue weighted by molar-refractivity contribution is -0.137. The van der Waals surface area contributed by atoms with Crippen LogP contribution in [0.3, 0.4) is 0 Å². The summed E-state index contributed by atoms with van der Waals surface area (Å²) in [6, 6.07) is 0.684. The molecule has 1 fully saturated rings. The van der Waals surface area contributed by atoms with Crippen LogP contribution in [-0.4, -0.2) is 21.0 Å². The van der Waals surface area contributed by atoms with E-state index in [4.69, 9.17) is 5.73 Å². The van der Waals surface area contributed by atoms with Crippen LogP contribution < -0.4 is 10.5 Å². The molecule has 0 aromatic heterocycles. The quantitative estimate of drug-likeness (QED) is 0.789. The van der Waals surface area contributed by atoms with E-state index in [-0.39, 0.29) is 30.9 Å². The van der Waals surface area contributed by atoms with Gasteiger partial charge in [-0.15, -0.1) is 12.4 Å². The molecule has 10 heteroatoms. The average Bonchev–Trinajstić information content (AvgIpc) is 3.19. The van der Waals surface area contributed by atoms with E-state index < -0.39 is 38.5 Å². The van der Waals surface area contributed by atoms with Gasteiger partial charge in [-0.2, -0.15) is 13.2 Å². The molecule has 0 spiro atoms. The summed E-state index contributed by atoms with van der Waals surface area (Å²) >= 11 is 0. The Morgan fingerprint density at radius 1 is 1.32 bits per heavy atom. The van der Waals surface area contributed by atoms with Gasteiger partial charge in [-0.05, 0) is 37.0 Å². The SMILES string of the molecule is Cl.NCC(NS(=O)(=O)c1cc(C(F)(F)F)ccc1F)C1CC1. The Kier molecular flexibility index (Phi) is 5.82. The smallest absolute Gasteiger partial charge is 0.329 e. The Labute approximate surface area is 131 Å². The summed E-state index contributed by atoms with van der Waals surface area (Å²) in [5.74, 6) is -1.18. The molecule has 3 N–H and O–H groups in total. The number of sulfonamides is 1. The topological polar surface area (TPSA) is 72.2 Å². The summed E-state index contributed by atoms with van der Waals surface area (Å²) in [6.45, 7) is 0.00444. The molecule has 0 saturated heterocycles. The summed E-state index contributed by atoms with van der Waals surface area (Å²) in [5.41, 5.74) is 4.21. The van der Waals surface area contributed by atoms with Gasteiger partial charge >= 0.3 is 6.18 Å². The zero-order valence-electron chi connectivity index (χ0n) is 11.2. The van der Waals surface area contributed by atoms with Crippen molar-refractivity contribution in [2.45, 2.75) is 30.0 Å². The fraction of sp³-hybridized carbons (Fsp3) is 0.500. The van der Waals surface area contributed by atoms with Gasteiger partial charge in [-0.25, -0.2) is 17.5 Å². The standard InChI is InChI=1S/C12H14F4N2O2S.ClH/c13-9-4-3-8(12(14,15)16)5-11(9)21(19,20)18-10(6-17)7-1-2-7;/h3-5,7,10,18H,1-2,6,17H2;1H. The van der Waals surface area contributed by atoms with Crippen molar-refractivity contribution in [3.05, 3.63) is 29.6 Å². The van der Waals surface area contributed by atoms with Crippen molar-refractivity contribution in [1.82, 2.24) is 4.72 Å². The van der Waals surface area contributed by atoms with E-state index in [0.717, 1.165) is 12.8 Å². The minimum atomic E-state index is -4.75. The summed E-state index contributed by atoms with van der Waals surface area (Å²) in [6.07, 6.45) is -3.17. The van der Waals surface area contributed by atoms with Crippen LogP contribution in [0.25, 0.3) is 0 Å². The lowest BCUT2D eigenvalue weighted by Crippen LogP contribution is -2.42. The highest BCUT2D eigenvalue weighted by atomic mass is 35.5. The zero-order valence-corrected chi connectivity index (χ0v) is 12.9. The van der Waals surface area contributed by atoms with E-state index in [0.29, 0.717) is 12.1 Å². The molecule has 0 amide bonds. The molecular formula is C12H15ClF4N2O2S. The number of rotatable bonds is 5. The van der Waals surface area contributed by atoms with Crippen LogP contribution in [-0.2, 0) is 16.2 Å². The van der Waals surface area contributed by atoms with Crippen LogP contribution >= 0.6 is 12.4 Å². The van der Waals surface area contributed by atoms with Crippen LogP contribution in [0, 0.1) is 11.7 Å². The molecule has 0 heterocycles. The first-order valence-corrected chi connectivity index (χ1v) is 7.72. The molecule has 0 aliphatic heterocycles. The van der Waals surface area contributed by atoms with Gasteiger partial charge in [-0.3, -0.25) is 0 Å². The number of nitrogens with two attached hydrogens (primary N) is 1. The number of halogens is 5. The third-order valence-corrected chi connectivity index (χ3v) is 4.80. The zero-order chi connectivity index (χ0) is 15.8. The Bertz CT molecular complexity index is 633. The van der Waals surface area contributed by atoms with Crippen LogP contribution in [0.15, 0.2) is 23.1 Å². The lowest BCUT2D eigenvalue weighted by Gasteiger charge is -2.17. The fourth-order valence-corrected chi connectivity index (χ4v) is 3.40. The molecule has 1 aromatic carbocycles. The van der Waals surface area contributed by atoms with Crippen LogP contribution in [0.1, 0.15) is 18.4 Å². The van der Waals surface area contributed by atoms with Gasteiger partial charge in [0.05, 0.1) is 5.56 Å². The van der Waals surface area contributed by atoms with E-state index in [1.165, 1.54) is 0 Å². The second kappa shape index (κ2) is 6.69. The second-order valence-electron chi connectivity index (χ2n) is 4.94. The molecule has 1 aliphatic carbocycles. The van der Waals surface area contributed by atoms with E-state index in [2.05, 4.69) is 4.72 Å². The predicted molar refractivity (Wildman–Crippen MR) is 74.5 cm³/mol. The van der Waals surface area contributed by atoms with Gasteiger partial charge in [0.2, 0.25) is 10.0 Å². The van der Waals surface area contributed by atoms with Gasteiger partial charge in [0, 0.05) is 12.6 Å². The van der Waals surface area contributed by atoms with Gasteiger partial charge in [-0.1, -0.05) is 0 Å². The molecule has 4 nitrogen and oxygen atoms in total. The third kappa shape index (κ3) is 4.31. The molecule has 1 aliphatic rings. The number of hydrogen-bond acceptors (Lipinski definition) is 3. The summed E-state index contributed by atoms with van der Waals surface area (Å²) in [5, 5.41) is 0. The number of hydrogen-bond donors (Lipinski definition) is 2. The van der Waals surface area contributed by atoms with E-state index in [1.807, 2.05) is 0 Å². The lowest BCUT2D eigenvalue weighted by atomic mass is 10.2. The van der Waals surface area contributed by atoms with E-state index in [1.54, 1.807) is 0 Å². The van der Waals surface area contributed by atoms with Crippen molar-refractivity contribution < 1.29 is 26.0 Å². The Balaban J connectivity index is 0.00000242. The summed E-state index contributed by atoms with van der Waals surface area (Å²) in [4.78, 5) is -1.02. The van der Waals surface area contributed by atoms with Crippen molar-refractivity contribution in [1.29, 1.82) is 0 Å². The minimum absolute atomic E-state index is 0. The maximum absolute atomic E-state index is 13.6. The molecule has 0 bridgehead atoms. The van der Waals surface area contributed by atoms with Crippen molar-refractivity contribution in [2.24, 2.45) is 11.7 Å². The third-order valence-electron chi connectivity index (χ3n) is 3.30. The highest BCUT2D eigenvalue weighted by Gasteiger charge is 2.36. The second-order valence-corrected chi connectivity index (χ2v) is 6.63. The van der Waals surface area contributed by atoms with E-state index >= 15 is 0 Å². The molecule has 1 atom stereocenters. The van der Waals surface area contributed by atoms with Crippen molar-refractivity contribution in [2.75, 3.05) is 6.54 Å². The van der Waals surface area contributed by atoms with Crippen molar-refractivity contribution in [3.8, 4) is 0 Å². The summed E-state index contributed by atoms with van der Waals surface area (Å²) in [7, 11) is -4.40. The molecule has 1 unspecified atom stereocenters. The Morgan fingerprint density at radius 3 is 2.36 bits per heavy atom. The number of benzene rings is 1. The molecule has 2 rings (SSSR count). The van der Waals surface area contributed by atoms with Crippen molar-refractivity contribution >= 4 is 22.4 Å². The van der Waals surface area contributed by atoms with E-state index in [9.17, 15) is 26.0 Å². The molecule has 0 radical (unpaired) electrons. The first kappa shape index (κ1) is 19.1. The molecular weight excluding hydrogens is 348 g/mol. The molecule has 1 saturated carbocycles. The van der Waals surface area contributed by atoms with Gasteiger partial charge in [0.1, 0.15) is 10.7 Å². The molecule has 22 heavy (non-hydrogen) atoms. The van der Waals surface area contributed by atoms with Crippen molar-refractivity contribution in [3.63, 3.8) is 0 Å². The number of alkyl halides is 3. The fourth-order valence-electron chi connectivity index (χ4n) is 1.98. The highest BCUT2D eigenvalue weighted by molar-refractivity contribution is 7.89. The summed E-state index contributed by atoms with van der Waals surface area (Å²) < 4.78 is 77.7. The monoisotopic (exact) mass is 362 g/mol. The number of nitrogens with one attached hydrogen (secondary N) is 1. The minimum Gasteiger partial charge on any atom is -0.329 e. The molecule has 1 aromatic rings. The first-order valence-electron chi connectivity index (χ1n) is 6.24. The maximum atomic E-state index is 13.6. The average molecular weight is 363 g/mol. The van der Waals surface area contributed by atoms with Gasteiger partial charge in [0.25, 0.3) is 0 Å². The first-order chi connectivity index (χ1) is 9.65. The van der Waals surface area contributed by atoms with Crippen LogP contribution in [0.5, 0.6) is 0 Å². The predicted octanol–water partition coefficient (Wildman–Crippen LogP) is 2.28. The van der Waals surface area contributed by atoms with Gasteiger partial charge in [0.15, 0.2) is 0 Å². The normalized spacial score (nSPS) is 17.0.